The van der Waals surface area contributed by atoms with Crippen LogP contribution in [0.25, 0.3) is 0 Å². The molecule has 0 spiro atoms. The van der Waals surface area contributed by atoms with Crippen LogP contribution in [-0.2, 0) is 4.74 Å². The summed E-state index contributed by atoms with van der Waals surface area (Å²) in [4.78, 5) is 2.55. The van der Waals surface area contributed by atoms with Gasteiger partial charge in [0.05, 0.1) is 6.61 Å². The van der Waals surface area contributed by atoms with Gasteiger partial charge in [0.25, 0.3) is 0 Å². The lowest BCUT2D eigenvalue weighted by molar-refractivity contribution is 0.0181. The van der Waals surface area contributed by atoms with Crippen LogP contribution < -0.4 is 0 Å². The molecule has 0 aromatic carbocycles. The summed E-state index contributed by atoms with van der Waals surface area (Å²) in [5.41, 5.74) is 0. The average molecular weight is 183 g/mol. The lowest BCUT2D eigenvalue weighted by Crippen LogP contribution is -2.40. The van der Waals surface area contributed by atoms with Gasteiger partial charge in [0, 0.05) is 18.7 Å². The molecule has 2 fully saturated rings. The Morgan fingerprint density at radius 2 is 2.08 bits per heavy atom. The van der Waals surface area contributed by atoms with Gasteiger partial charge in [-0.15, -0.1) is 0 Å². The molecule has 1 saturated heterocycles. The van der Waals surface area contributed by atoms with E-state index in [4.69, 9.17) is 4.74 Å². The minimum atomic E-state index is 0.716. The van der Waals surface area contributed by atoms with Gasteiger partial charge in [-0.3, -0.25) is 0 Å². The van der Waals surface area contributed by atoms with E-state index in [-0.39, 0.29) is 0 Å². The van der Waals surface area contributed by atoms with E-state index in [1.807, 2.05) is 0 Å². The molecule has 2 rings (SSSR count). The fraction of sp³-hybridized carbons (Fsp3) is 1.00. The van der Waals surface area contributed by atoms with Crippen LogP contribution in [0.3, 0.4) is 0 Å². The first-order chi connectivity index (χ1) is 6.29. The SMILES string of the molecule is CC(C1CCCOC1)N(C)C1CC1. The molecule has 2 nitrogen and oxygen atoms in total. The van der Waals surface area contributed by atoms with Gasteiger partial charge in [0.2, 0.25) is 0 Å². The topological polar surface area (TPSA) is 12.5 Å². The minimum Gasteiger partial charge on any atom is -0.381 e. The first-order valence-electron chi connectivity index (χ1n) is 5.58. The van der Waals surface area contributed by atoms with Crippen LogP contribution in [0.5, 0.6) is 0 Å². The number of ether oxygens (including phenoxy) is 1. The Kier molecular flexibility index (Phi) is 2.89. The van der Waals surface area contributed by atoms with Crippen LogP contribution in [0.2, 0.25) is 0 Å². The van der Waals surface area contributed by atoms with Crippen LogP contribution in [0, 0.1) is 5.92 Å². The molecular formula is C11H21NO. The standard InChI is InChI=1S/C11H21NO/c1-9(12(2)11-5-6-11)10-4-3-7-13-8-10/h9-11H,3-8H2,1-2H3. The second-order valence-corrected chi connectivity index (χ2v) is 4.61. The van der Waals surface area contributed by atoms with Crippen molar-refractivity contribution in [2.75, 3.05) is 20.3 Å². The van der Waals surface area contributed by atoms with E-state index in [9.17, 15) is 0 Å². The van der Waals surface area contributed by atoms with Gasteiger partial charge < -0.3 is 9.64 Å². The Balaban J connectivity index is 1.82. The molecule has 1 aliphatic carbocycles. The van der Waals surface area contributed by atoms with Crippen LogP contribution in [0.15, 0.2) is 0 Å². The predicted octanol–water partition coefficient (Wildman–Crippen LogP) is 1.90. The maximum Gasteiger partial charge on any atom is 0.0509 e. The molecule has 2 aliphatic rings. The summed E-state index contributed by atoms with van der Waals surface area (Å²) in [6, 6.07) is 1.60. The Morgan fingerprint density at radius 1 is 1.31 bits per heavy atom. The van der Waals surface area contributed by atoms with Gasteiger partial charge in [-0.05, 0) is 45.6 Å². The van der Waals surface area contributed by atoms with Crippen LogP contribution in [-0.4, -0.2) is 37.2 Å². The molecule has 1 heterocycles. The van der Waals surface area contributed by atoms with Crippen LogP contribution >= 0.6 is 0 Å². The summed E-state index contributed by atoms with van der Waals surface area (Å²) in [5, 5.41) is 0. The third-order valence-corrected chi connectivity index (χ3v) is 3.64. The Morgan fingerprint density at radius 3 is 2.62 bits per heavy atom. The van der Waals surface area contributed by atoms with Crippen molar-refractivity contribution in [3.8, 4) is 0 Å². The molecule has 0 radical (unpaired) electrons. The molecule has 1 saturated carbocycles. The first-order valence-corrected chi connectivity index (χ1v) is 5.58. The van der Waals surface area contributed by atoms with Crippen molar-refractivity contribution in [2.24, 2.45) is 5.92 Å². The quantitative estimate of drug-likeness (QED) is 0.662. The Labute approximate surface area is 81.3 Å². The lowest BCUT2D eigenvalue weighted by atomic mass is 9.94. The molecule has 13 heavy (non-hydrogen) atoms. The van der Waals surface area contributed by atoms with Crippen molar-refractivity contribution in [2.45, 2.75) is 44.7 Å². The molecule has 0 bridgehead atoms. The fourth-order valence-electron chi connectivity index (χ4n) is 2.29. The maximum absolute atomic E-state index is 5.53. The van der Waals surface area contributed by atoms with Crippen LogP contribution in [0.4, 0.5) is 0 Å². The zero-order valence-corrected chi connectivity index (χ0v) is 8.83. The maximum atomic E-state index is 5.53. The molecule has 2 heteroatoms. The van der Waals surface area contributed by atoms with E-state index in [1.54, 1.807) is 0 Å². The Bertz CT molecular complexity index is 161. The van der Waals surface area contributed by atoms with E-state index < -0.39 is 0 Å². The number of rotatable bonds is 3. The van der Waals surface area contributed by atoms with Gasteiger partial charge in [-0.25, -0.2) is 0 Å². The lowest BCUT2D eigenvalue weighted by Gasteiger charge is -2.34. The van der Waals surface area contributed by atoms with Crippen molar-refractivity contribution < 1.29 is 4.74 Å². The fourth-order valence-corrected chi connectivity index (χ4v) is 2.29. The molecule has 0 aromatic heterocycles. The average Bonchev–Trinajstić information content (AvgIpc) is 3.00. The largest absolute Gasteiger partial charge is 0.381 e. The van der Waals surface area contributed by atoms with Crippen molar-refractivity contribution in [1.29, 1.82) is 0 Å². The highest BCUT2D eigenvalue weighted by atomic mass is 16.5. The third-order valence-electron chi connectivity index (χ3n) is 3.64. The molecule has 2 atom stereocenters. The summed E-state index contributed by atoms with van der Waals surface area (Å²) in [6.45, 7) is 4.33. The van der Waals surface area contributed by atoms with E-state index >= 15 is 0 Å². The van der Waals surface area contributed by atoms with Gasteiger partial charge in [0.15, 0.2) is 0 Å². The second kappa shape index (κ2) is 3.97. The van der Waals surface area contributed by atoms with E-state index in [0.29, 0.717) is 6.04 Å². The van der Waals surface area contributed by atoms with Gasteiger partial charge in [-0.1, -0.05) is 0 Å². The van der Waals surface area contributed by atoms with E-state index in [2.05, 4.69) is 18.9 Å². The molecular weight excluding hydrogens is 162 g/mol. The monoisotopic (exact) mass is 183 g/mol. The van der Waals surface area contributed by atoms with Crippen molar-refractivity contribution >= 4 is 0 Å². The van der Waals surface area contributed by atoms with Gasteiger partial charge in [0.1, 0.15) is 0 Å². The number of hydrogen-bond donors (Lipinski definition) is 0. The highest BCUT2D eigenvalue weighted by Crippen LogP contribution is 2.30. The molecule has 1 aliphatic heterocycles. The van der Waals surface area contributed by atoms with E-state index in [0.717, 1.165) is 25.2 Å². The molecule has 0 aromatic rings. The van der Waals surface area contributed by atoms with Gasteiger partial charge in [-0.2, -0.15) is 0 Å². The van der Waals surface area contributed by atoms with Crippen LogP contribution in [0.1, 0.15) is 32.6 Å². The second-order valence-electron chi connectivity index (χ2n) is 4.61. The smallest absolute Gasteiger partial charge is 0.0509 e. The Hall–Kier alpha value is -0.0800. The summed E-state index contributed by atoms with van der Waals surface area (Å²) in [7, 11) is 2.27. The molecule has 2 unspecified atom stereocenters. The summed E-state index contributed by atoms with van der Waals surface area (Å²) < 4.78 is 5.53. The summed E-state index contributed by atoms with van der Waals surface area (Å²) in [5.74, 6) is 0.777. The molecule has 0 N–H and O–H groups in total. The predicted molar refractivity (Wildman–Crippen MR) is 53.8 cm³/mol. The molecule has 0 amide bonds. The highest BCUT2D eigenvalue weighted by molar-refractivity contribution is 4.88. The first kappa shape index (κ1) is 9.47. The van der Waals surface area contributed by atoms with E-state index in [1.165, 1.54) is 25.7 Å². The normalized spacial score (nSPS) is 32.1. The number of hydrogen-bond acceptors (Lipinski definition) is 2. The zero-order chi connectivity index (χ0) is 9.26. The zero-order valence-electron chi connectivity index (χ0n) is 8.83. The summed E-state index contributed by atoms with van der Waals surface area (Å²) in [6.07, 6.45) is 5.44. The van der Waals surface area contributed by atoms with Gasteiger partial charge >= 0.3 is 0 Å². The third kappa shape index (κ3) is 2.23. The van der Waals surface area contributed by atoms with Crippen molar-refractivity contribution in [3.63, 3.8) is 0 Å². The summed E-state index contributed by atoms with van der Waals surface area (Å²) >= 11 is 0. The minimum absolute atomic E-state index is 0.716. The molecule has 76 valence electrons. The highest BCUT2D eigenvalue weighted by Gasteiger charge is 2.33. The van der Waals surface area contributed by atoms with Crippen molar-refractivity contribution in [3.05, 3.63) is 0 Å². The number of nitrogens with zero attached hydrogens (tertiary/aromatic N) is 1. The van der Waals surface area contributed by atoms with Crippen molar-refractivity contribution in [1.82, 2.24) is 4.90 Å².